The fourth-order valence-electron chi connectivity index (χ4n) is 23.0. The number of nitrogens with zero attached hydrogens (tertiary/aromatic N) is 3. The Morgan fingerprint density at radius 2 is 0.667 bits per heavy atom. The molecule has 0 spiro atoms. The summed E-state index contributed by atoms with van der Waals surface area (Å²) in [4.78, 5) is 112. The Labute approximate surface area is 835 Å². The van der Waals surface area contributed by atoms with Crippen LogP contribution < -0.4 is 9.47 Å². The van der Waals surface area contributed by atoms with E-state index in [-0.39, 0.29) is 121 Å². The Morgan fingerprint density at radius 1 is 0.333 bits per heavy atom. The largest absolute Gasteiger partial charge is 0.488 e. The van der Waals surface area contributed by atoms with Crippen molar-refractivity contribution in [3.05, 3.63) is 95.6 Å². The lowest BCUT2D eigenvalue weighted by Gasteiger charge is -2.54. The Morgan fingerprint density at radius 3 is 1.01 bits per heavy atom. The van der Waals surface area contributed by atoms with E-state index in [1.165, 1.54) is 81.8 Å². The molecule has 0 aliphatic heterocycles. The van der Waals surface area contributed by atoms with E-state index in [0.29, 0.717) is 94.5 Å². The minimum Gasteiger partial charge on any atom is -0.488 e. The van der Waals surface area contributed by atoms with Crippen LogP contribution in [0.25, 0.3) is 0 Å². The van der Waals surface area contributed by atoms with Gasteiger partial charge in [-0.15, -0.1) is 0 Å². The van der Waals surface area contributed by atoms with E-state index in [2.05, 4.69) is 77.9 Å². The van der Waals surface area contributed by atoms with Gasteiger partial charge in [0.1, 0.15) is 73.5 Å². The fourth-order valence-corrected chi connectivity index (χ4v) is 23.0. The topological polar surface area (TPSA) is 239 Å². The lowest BCUT2D eigenvalue weighted by molar-refractivity contribution is -0.188. The summed E-state index contributed by atoms with van der Waals surface area (Å²) in [5, 5.41) is 0. The van der Waals surface area contributed by atoms with E-state index in [1.807, 2.05) is 224 Å². The van der Waals surface area contributed by atoms with Crippen LogP contribution in [-0.2, 0) is 82.9 Å². The van der Waals surface area contributed by atoms with Crippen LogP contribution >= 0.6 is 0 Å². The van der Waals surface area contributed by atoms with Crippen molar-refractivity contribution in [1.82, 2.24) is 14.7 Å². The fraction of sp³-hybridized carbons (Fsp3) is 0.778. The molecule has 6 unspecified atom stereocenters. The molecule has 0 heterocycles. The van der Waals surface area contributed by atoms with Crippen molar-refractivity contribution in [1.29, 1.82) is 0 Å². The van der Waals surface area contributed by atoms with Gasteiger partial charge in [-0.3, -0.25) is 38.4 Å². The summed E-state index contributed by atoms with van der Waals surface area (Å²) in [6.07, 6.45) is 29.4. The van der Waals surface area contributed by atoms with Crippen LogP contribution in [-0.4, -0.2) is 180 Å². The standard InChI is InChI=1S/C36H57NO5.C35H53NO6.C20H37NO4.C14H22O.C12H22O2/c1-10-26(27-11-13-30(14-12-27)42-34(2,3)4)22-36(7,23-35(5,6)32(38)40-16-15-37(8)9)33(39)41-31-28-18-24-17-25(20-28)21-29(31)19-24;1-8-34(4,31(38)41-21-24-12-10-9-11-13-24)23-35(5,22-33(2,3)30(37)40-15-14-36(6)7)32(39)42-29-27-17-25-16-26(19-27)20-28(29)18-25;1-7-20(4,18(23)25-16-11-9-8-10-12-16)15-19(2,3)17(22)24-14-13-21(5)6;1-6-11(2)12-7-9-13(10-8-12)15-14(3,4)5;1-4-12(2,3)11(13)14-10-8-6-5-7-9-10/h11-14,24-26,28-29,31H,10,15-23H2,1-9H3;9-13,25-29H,8,14-23H2,1-7H3;16H,7-15H2,1-6H3;7-11H,6H2,1-5H3;10H,4-9H2,1-3H3. The number of carbonyl (C=O) groups excluding carboxylic acids is 8. The number of rotatable bonds is 42. The summed E-state index contributed by atoms with van der Waals surface area (Å²) < 4.78 is 58.7. The zero-order chi connectivity index (χ0) is 103. The monoisotopic (exact) mass is 1930 g/mol. The quantitative estimate of drug-likeness (QED) is 0.0378. The molecule has 138 heavy (non-hydrogen) atoms. The maximum absolute atomic E-state index is 14.4. The van der Waals surface area contributed by atoms with Crippen molar-refractivity contribution in [2.45, 2.75) is 413 Å². The van der Waals surface area contributed by atoms with Gasteiger partial charge in [0, 0.05) is 19.6 Å². The van der Waals surface area contributed by atoms with E-state index in [1.54, 1.807) is 0 Å². The molecule has 10 fully saturated rings. The van der Waals surface area contributed by atoms with Crippen molar-refractivity contribution < 1.29 is 85.7 Å². The van der Waals surface area contributed by atoms with Gasteiger partial charge in [0.25, 0.3) is 0 Å². The molecule has 8 bridgehead atoms. The predicted octanol–water partition coefficient (Wildman–Crippen LogP) is 25.6. The molecule has 0 saturated heterocycles. The third-order valence-electron chi connectivity index (χ3n) is 31.3. The van der Waals surface area contributed by atoms with Gasteiger partial charge in [-0.2, -0.15) is 0 Å². The van der Waals surface area contributed by atoms with Gasteiger partial charge in [0.05, 0.1) is 43.3 Å². The lowest BCUT2D eigenvalue weighted by Crippen LogP contribution is -2.52. The van der Waals surface area contributed by atoms with Crippen LogP contribution in [0.5, 0.6) is 11.5 Å². The number of hydrogen-bond acceptors (Lipinski definition) is 21. The molecule has 3 aromatic rings. The second-order valence-electron chi connectivity index (χ2n) is 49.5. The summed E-state index contributed by atoms with van der Waals surface area (Å²) in [6, 6.07) is 26.4. The second-order valence-corrected chi connectivity index (χ2v) is 49.5. The number of carbonyl (C=O) groups is 8. The van der Waals surface area contributed by atoms with Crippen molar-refractivity contribution in [2.24, 2.45) is 90.7 Å². The number of esters is 8. The van der Waals surface area contributed by atoms with Gasteiger partial charge >= 0.3 is 47.8 Å². The van der Waals surface area contributed by atoms with E-state index < -0.39 is 37.9 Å². The van der Waals surface area contributed by atoms with Crippen molar-refractivity contribution in [3.63, 3.8) is 0 Å². The molecule has 10 aliphatic rings. The average Bonchev–Trinajstić information content (AvgIpc) is 0.755. The van der Waals surface area contributed by atoms with Gasteiger partial charge in [0.15, 0.2) is 0 Å². The highest BCUT2D eigenvalue weighted by Crippen LogP contribution is 2.58. The highest BCUT2D eigenvalue weighted by atomic mass is 16.6. The number of benzene rings is 3. The van der Waals surface area contributed by atoms with Crippen LogP contribution in [0.15, 0.2) is 78.9 Å². The second kappa shape index (κ2) is 52.4. The Hall–Kier alpha value is -7.10. The summed E-state index contributed by atoms with van der Waals surface area (Å²) in [7, 11) is 11.7. The zero-order valence-electron chi connectivity index (χ0n) is 91.9. The first-order valence-corrected chi connectivity index (χ1v) is 53.5. The molecular weight excluding hydrogens is 1740 g/mol. The first-order valence-electron chi connectivity index (χ1n) is 53.5. The van der Waals surface area contributed by atoms with Crippen molar-refractivity contribution in [2.75, 3.05) is 81.7 Å². The van der Waals surface area contributed by atoms with E-state index in [9.17, 15) is 38.4 Å². The van der Waals surface area contributed by atoms with E-state index in [4.69, 9.17) is 47.4 Å². The molecule has 10 aliphatic carbocycles. The van der Waals surface area contributed by atoms with E-state index in [0.717, 1.165) is 118 Å². The summed E-state index contributed by atoms with van der Waals surface area (Å²) in [5.74, 6) is 5.77. The zero-order valence-corrected chi connectivity index (χ0v) is 91.9. The highest BCUT2D eigenvalue weighted by Gasteiger charge is 2.57. The molecule has 21 heteroatoms. The van der Waals surface area contributed by atoms with Crippen LogP contribution in [0.2, 0.25) is 0 Å². The van der Waals surface area contributed by atoms with Crippen LogP contribution in [0.4, 0.5) is 0 Å². The molecule has 0 amide bonds. The minimum absolute atomic E-state index is 0.0214. The number of hydrogen-bond donors (Lipinski definition) is 0. The maximum Gasteiger partial charge on any atom is 0.312 e. The first kappa shape index (κ1) is 118. The Balaban J connectivity index is 0.000000251. The Bertz CT molecular complexity index is 4190. The van der Waals surface area contributed by atoms with E-state index >= 15 is 0 Å². The minimum atomic E-state index is -1.09. The van der Waals surface area contributed by atoms with Gasteiger partial charge in [0.2, 0.25) is 0 Å². The number of ether oxygens (including phenoxy) is 10. The van der Waals surface area contributed by atoms with Gasteiger partial charge in [-0.1, -0.05) is 109 Å². The first-order chi connectivity index (χ1) is 64.4. The van der Waals surface area contributed by atoms with Gasteiger partial charge in [-0.05, 0) is 447 Å². The van der Waals surface area contributed by atoms with Crippen molar-refractivity contribution >= 4 is 47.8 Å². The van der Waals surface area contributed by atoms with Gasteiger partial charge in [-0.25, -0.2) is 0 Å². The van der Waals surface area contributed by atoms with Gasteiger partial charge < -0.3 is 62.1 Å². The Kier molecular flexibility index (Phi) is 44.8. The summed E-state index contributed by atoms with van der Waals surface area (Å²) in [6.45, 7) is 50.9. The number of likely N-dealkylation sites (N-methyl/N-ethyl adjacent to an activating group) is 3. The molecule has 0 N–H and O–H groups in total. The normalized spacial score (nSPS) is 23.6. The van der Waals surface area contributed by atoms with Crippen molar-refractivity contribution in [3.8, 4) is 11.5 Å². The SMILES string of the molecule is CCC(C)(C)C(=O)OC1CCCCC1.CCC(C)(CC(C)(C)C(=O)OCCN(C)C)C(=O)OC1CCCCC1.CCC(C)(CC(C)(CC(C)(C)C(=O)OCCN(C)C)C(=O)OC1C2CC3CC(C2)CC1C3)C(=O)OCc1ccccc1.CCC(C)c1ccc(OC(C)(C)C)cc1.CCC(CC(C)(CC(C)(C)C(=O)OCCN(C)C)C(=O)OC1C2CC3CC(C2)CC1C3)c1ccc(OC(C)(C)C)cc1. The molecule has 10 saturated carbocycles. The van der Waals surface area contributed by atoms with Crippen LogP contribution in [0.1, 0.15) is 387 Å². The molecule has 0 radical (unpaired) electrons. The summed E-state index contributed by atoms with van der Waals surface area (Å²) in [5.41, 5.74) is -3.22. The maximum atomic E-state index is 14.4. The van der Waals surface area contributed by atoms with Crippen LogP contribution in [0.3, 0.4) is 0 Å². The third kappa shape index (κ3) is 36.6. The molecule has 6 atom stereocenters. The lowest BCUT2D eigenvalue weighted by atomic mass is 9.55. The molecule has 21 nitrogen and oxygen atoms in total. The average molecular weight is 1930 g/mol. The van der Waals surface area contributed by atoms with Crippen LogP contribution in [0, 0.1) is 90.7 Å². The predicted molar refractivity (Wildman–Crippen MR) is 551 cm³/mol. The molecule has 3 aromatic carbocycles. The molecule has 782 valence electrons. The highest BCUT2D eigenvalue weighted by molar-refractivity contribution is 5.84. The molecular formula is C117H191N3O18. The molecule has 0 aromatic heterocycles. The smallest absolute Gasteiger partial charge is 0.312 e. The summed E-state index contributed by atoms with van der Waals surface area (Å²) >= 11 is 0. The third-order valence-corrected chi connectivity index (χ3v) is 31.3. The molecule has 13 rings (SSSR count).